The molecule has 6 nitrogen and oxygen atoms in total. The first-order valence-corrected chi connectivity index (χ1v) is 12.5. The van der Waals surface area contributed by atoms with Crippen LogP contribution in [0.3, 0.4) is 0 Å². The average Bonchev–Trinajstić information content (AvgIpc) is 3.15. The lowest BCUT2D eigenvalue weighted by Crippen LogP contribution is -2.35. The molecule has 2 aliphatic rings. The van der Waals surface area contributed by atoms with Gasteiger partial charge in [-0.2, -0.15) is 4.98 Å². The van der Waals surface area contributed by atoms with E-state index in [-0.39, 0.29) is 17.8 Å². The molecule has 31 heavy (non-hydrogen) atoms. The number of aromatic nitrogens is 2. The monoisotopic (exact) mass is 446 g/mol. The summed E-state index contributed by atoms with van der Waals surface area (Å²) in [5, 5.41) is 3.45. The zero-order chi connectivity index (χ0) is 21.8. The number of nitrogens with zero attached hydrogens (tertiary/aromatic N) is 3. The van der Waals surface area contributed by atoms with Crippen LogP contribution in [0.1, 0.15) is 50.3 Å². The van der Waals surface area contributed by atoms with Crippen LogP contribution in [0.2, 0.25) is 0 Å². The SMILES string of the molecule is CCOCCC(C)Nc1nc(N2CCC(c3ccccc3F)CC2)nc2c1[S+]([O-])CC2. The number of fused-ring (bicyclic) bond motifs is 1. The summed E-state index contributed by atoms with van der Waals surface area (Å²) in [5.41, 5.74) is 1.69. The van der Waals surface area contributed by atoms with E-state index < -0.39 is 11.2 Å². The fourth-order valence-electron chi connectivity index (χ4n) is 4.33. The molecule has 168 valence electrons. The van der Waals surface area contributed by atoms with Crippen LogP contribution in [-0.4, -0.2) is 52.6 Å². The van der Waals surface area contributed by atoms with Crippen LogP contribution in [0.5, 0.6) is 0 Å². The first kappa shape index (κ1) is 22.3. The molecule has 0 bridgehead atoms. The van der Waals surface area contributed by atoms with Crippen LogP contribution in [-0.2, 0) is 22.3 Å². The Kier molecular flexibility index (Phi) is 7.30. The van der Waals surface area contributed by atoms with Gasteiger partial charge in [-0.05, 0) is 61.8 Å². The van der Waals surface area contributed by atoms with Gasteiger partial charge in [-0.3, -0.25) is 0 Å². The zero-order valence-electron chi connectivity index (χ0n) is 18.3. The lowest BCUT2D eigenvalue weighted by atomic mass is 9.89. The van der Waals surface area contributed by atoms with Crippen molar-refractivity contribution < 1.29 is 13.7 Å². The Bertz CT molecular complexity index is 892. The van der Waals surface area contributed by atoms with Crippen molar-refractivity contribution in [3.05, 3.63) is 41.3 Å². The van der Waals surface area contributed by atoms with Crippen LogP contribution in [0, 0.1) is 5.82 Å². The van der Waals surface area contributed by atoms with Gasteiger partial charge in [0.2, 0.25) is 10.8 Å². The van der Waals surface area contributed by atoms with Gasteiger partial charge in [-0.15, -0.1) is 0 Å². The number of nitrogens with one attached hydrogen (secondary N) is 1. The number of hydrogen-bond acceptors (Lipinski definition) is 6. The largest absolute Gasteiger partial charge is 0.611 e. The van der Waals surface area contributed by atoms with E-state index in [2.05, 4.69) is 17.1 Å². The van der Waals surface area contributed by atoms with Gasteiger partial charge < -0.3 is 19.5 Å². The molecule has 1 fully saturated rings. The normalized spacial score (nSPS) is 20.0. The van der Waals surface area contributed by atoms with E-state index in [9.17, 15) is 8.94 Å². The fourth-order valence-corrected chi connectivity index (χ4v) is 5.64. The van der Waals surface area contributed by atoms with Crippen molar-refractivity contribution in [1.82, 2.24) is 9.97 Å². The van der Waals surface area contributed by atoms with E-state index in [1.807, 2.05) is 19.1 Å². The van der Waals surface area contributed by atoms with E-state index in [0.717, 1.165) is 48.5 Å². The van der Waals surface area contributed by atoms with Gasteiger partial charge >= 0.3 is 0 Å². The summed E-state index contributed by atoms with van der Waals surface area (Å²) < 4.78 is 32.2. The van der Waals surface area contributed by atoms with Crippen molar-refractivity contribution in [2.75, 3.05) is 42.3 Å². The van der Waals surface area contributed by atoms with Crippen LogP contribution >= 0.6 is 0 Å². The molecule has 1 N–H and O–H groups in total. The molecule has 1 saturated heterocycles. The van der Waals surface area contributed by atoms with Crippen LogP contribution < -0.4 is 10.2 Å². The first-order chi connectivity index (χ1) is 15.1. The average molecular weight is 447 g/mol. The third-order valence-corrected chi connectivity index (χ3v) is 7.54. The first-order valence-electron chi connectivity index (χ1n) is 11.2. The van der Waals surface area contributed by atoms with Gasteiger partial charge in [0.25, 0.3) is 0 Å². The van der Waals surface area contributed by atoms with E-state index in [1.54, 1.807) is 6.07 Å². The maximum Gasteiger partial charge on any atom is 0.227 e. The van der Waals surface area contributed by atoms with Gasteiger partial charge in [0.05, 0.1) is 0 Å². The molecular formula is C23H31FN4O2S. The summed E-state index contributed by atoms with van der Waals surface area (Å²) in [6.45, 7) is 7.01. The van der Waals surface area contributed by atoms with Crippen molar-refractivity contribution in [2.24, 2.45) is 0 Å². The number of rotatable bonds is 8. The van der Waals surface area contributed by atoms with Crippen molar-refractivity contribution in [2.45, 2.75) is 56.4 Å². The van der Waals surface area contributed by atoms with E-state index >= 15 is 0 Å². The molecule has 2 aliphatic heterocycles. The number of halogens is 1. The lowest BCUT2D eigenvalue weighted by molar-refractivity contribution is 0.142. The van der Waals surface area contributed by atoms with Crippen molar-refractivity contribution in [1.29, 1.82) is 0 Å². The Morgan fingerprint density at radius 3 is 2.81 bits per heavy atom. The number of ether oxygens (including phenoxy) is 1. The Hall–Kier alpha value is -1.90. The topological polar surface area (TPSA) is 73.3 Å². The summed E-state index contributed by atoms with van der Waals surface area (Å²) >= 11 is -1.06. The predicted octanol–water partition coefficient (Wildman–Crippen LogP) is 3.89. The van der Waals surface area contributed by atoms with Crippen molar-refractivity contribution in [3.8, 4) is 0 Å². The predicted molar refractivity (Wildman–Crippen MR) is 122 cm³/mol. The van der Waals surface area contributed by atoms with Gasteiger partial charge in [0, 0.05) is 38.8 Å². The summed E-state index contributed by atoms with van der Waals surface area (Å²) in [5.74, 6) is 2.07. The molecule has 0 amide bonds. The summed E-state index contributed by atoms with van der Waals surface area (Å²) in [7, 11) is 0. The lowest BCUT2D eigenvalue weighted by Gasteiger charge is -2.32. The van der Waals surface area contributed by atoms with E-state index in [1.165, 1.54) is 6.07 Å². The standard InChI is InChI=1S/C23H31FN4O2S/c1-3-30-14-10-16(2)25-22-21-20(11-15-31(21)29)26-23(27-22)28-12-8-17(9-13-28)18-6-4-5-7-19(18)24/h4-7,16-17H,3,8-15H2,1-2H3,(H,25,26,27). The van der Waals surface area contributed by atoms with Crippen LogP contribution in [0.15, 0.2) is 29.2 Å². The highest BCUT2D eigenvalue weighted by molar-refractivity contribution is 7.91. The number of aryl methyl sites for hydroxylation is 1. The zero-order valence-corrected chi connectivity index (χ0v) is 19.1. The number of hydrogen-bond donors (Lipinski definition) is 1. The molecule has 2 unspecified atom stereocenters. The van der Waals surface area contributed by atoms with Crippen molar-refractivity contribution >= 4 is 22.9 Å². The minimum Gasteiger partial charge on any atom is -0.611 e. The third kappa shape index (κ3) is 5.13. The second-order valence-electron chi connectivity index (χ2n) is 8.26. The molecule has 4 rings (SSSR count). The molecule has 2 aromatic rings. The number of piperidine rings is 1. The molecule has 0 spiro atoms. The number of anilines is 2. The minimum atomic E-state index is -1.06. The Balaban J connectivity index is 1.48. The van der Waals surface area contributed by atoms with Gasteiger partial charge in [-0.25, -0.2) is 9.37 Å². The molecule has 2 atom stereocenters. The van der Waals surface area contributed by atoms with Gasteiger partial charge in [0.15, 0.2) is 5.82 Å². The molecule has 1 aromatic carbocycles. The highest BCUT2D eigenvalue weighted by Gasteiger charge is 2.34. The Morgan fingerprint density at radius 1 is 1.29 bits per heavy atom. The molecule has 8 heteroatoms. The van der Waals surface area contributed by atoms with E-state index in [4.69, 9.17) is 14.7 Å². The van der Waals surface area contributed by atoms with Crippen LogP contribution in [0.4, 0.5) is 16.2 Å². The molecule has 3 heterocycles. The van der Waals surface area contributed by atoms with Gasteiger partial charge in [0.1, 0.15) is 17.3 Å². The minimum absolute atomic E-state index is 0.121. The van der Waals surface area contributed by atoms with Gasteiger partial charge in [-0.1, -0.05) is 18.2 Å². The maximum absolute atomic E-state index is 14.2. The fraction of sp³-hybridized carbons (Fsp3) is 0.565. The smallest absolute Gasteiger partial charge is 0.227 e. The second kappa shape index (κ2) is 10.1. The summed E-state index contributed by atoms with van der Waals surface area (Å²) in [6, 6.07) is 7.22. The highest BCUT2D eigenvalue weighted by atomic mass is 32.2. The second-order valence-corrected chi connectivity index (χ2v) is 9.77. The molecule has 0 saturated carbocycles. The van der Waals surface area contributed by atoms with Crippen molar-refractivity contribution in [3.63, 3.8) is 0 Å². The summed E-state index contributed by atoms with van der Waals surface area (Å²) in [4.78, 5) is 12.5. The van der Waals surface area contributed by atoms with Crippen LogP contribution in [0.25, 0.3) is 0 Å². The highest BCUT2D eigenvalue weighted by Crippen LogP contribution is 2.35. The maximum atomic E-state index is 14.2. The molecule has 0 radical (unpaired) electrons. The Morgan fingerprint density at radius 2 is 2.06 bits per heavy atom. The van der Waals surface area contributed by atoms with E-state index in [0.29, 0.717) is 37.2 Å². The quantitative estimate of drug-likeness (QED) is 0.490. The Labute approximate surface area is 186 Å². The molecular weight excluding hydrogens is 415 g/mol. The number of benzene rings is 1. The molecule has 1 aromatic heterocycles. The third-order valence-electron chi connectivity index (χ3n) is 6.08. The summed E-state index contributed by atoms with van der Waals surface area (Å²) in [6.07, 6.45) is 3.29. The molecule has 0 aliphatic carbocycles.